The summed E-state index contributed by atoms with van der Waals surface area (Å²) in [7, 11) is 1.34. The van der Waals surface area contributed by atoms with Gasteiger partial charge in [-0.05, 0) is 55.0 Å². The van der Waals surface area contributed by atoms with E-state index in [1.54, 1.807) is 30.3 Å². The van der Waals surface area contributed by atoms with Crippen LogP contribution in [0.4, 0.5) is 23.1 Å². The molecule has 0 radical (unpaired) electrons. The standard InChI is InChI=1S/C18H16ClN5O2/c1-11-9-13(19)5-8-15(11)22-16-10-20-24-18(23-16)21-14-6-3-12(4-7-14)17(25)26-2/h3-10H,1-2H3,(H2,21,22,23,24). The van der Waals surface area contributed by atoms with Crippen LogP contribution in [0.3, 0.4) is 0 Å². The molecule has 0 spiro atoms. The van der Waals surface area contributed by atoms with Gasteiger partial charge in [0, 0.05) is 16.4 Å². The molecular formula is C18H16ClN5O2. The van der Waals surface area contributed by atoms with Crippen LogP contribution < -0.4 is 10.6 Å². The Bertz CT molecular complexity index is 931. The lowest BCUT2D eigenvalue weighted by Crippen LogP contribution is -2.04. The molecule has 0 unspecified atom stereocenters. The molecule has 0 saturated carbocycles. The molecule has 3 aromatic rings. The second kappa shape index (κ2) is 7.79. The number of carbonyl (C=O) groups is 1. The maximum atomic E-state index is 11.5. The molecule has 132 valence electrons. The van der Waals surface area contributed by atoms with Crippen LogP contribution in [-0.4, -0.2) is 28.3 Å². The highest BCUT2D eigenvalue weighted by molar-refractivity contribution is 6.30. The van der Waals surface area contributed by atoms with Crippen LogP contribution in [0, 0.1) is 6.92 Å². The van der Waals surface area contributed by atoms with Crippen LogP contribution in [0.25, 0.3) is 0 Å². The van der Waals surface area contributed by atoms with Gasteiger partial charge >= 0.3 is 5.97 Å². The van der Waals surface area contributed by atoms with E-state index in [-0.39, 0.29) is 5.97 Å². The first-order valence-corrected chi connectivity index (χ1v) is 8.11. The van der Waals surface area contributed by atoms with Crippen molar-refractivity contribution < 1.29 is 9.53 Å². The summed E-state index contributed by atoms with van der Waals surface area (Å²) >= 11 is 5.97. The highest BCUT2D eigenvalue weighted by atomic mass is 35.5. The molecule has 0 aliphatic rings. The lowest BCUT2D eigenvalue weighted by molar-refractivity contribution is 0.0601. The van der Waals surface area contributed by atoms with Gasteiger partial charge in [-0.2, -0.15) is 10.1 Å². The Hall–Kier alpha value is -3.19. The minimum Gasteiger partial charge on any atom is -0.465 e. The number of ether oxygens (including phenoxy) is 1. The number of methoxy groups -OCH3 is 1. The van der Waals surface area contributed by atoms with Crippen molar-refractivity contribution in [2.45, 2.75) is 6.92 Å². The fraction of sp³-hybridized carbons (Fsp3) is 0.111. The first-order chi connectivity index (χ1) is 12.5. The third kappa shape index (κ3) is 4.25. The fourth-order valence-corrected chi connectivity index (χ4v) is 2.49. The number of aromatic nitrogens is 3. The molecule has 8 heteroatoms. The predicted molar refractivity (Wildman–Crippen MR) is 100 cm³/mol. The second-order valence-electron chi connectivity index (χ2n) is 5.44. The molecule has 26 heavy (non-hydrogen) atoms. The number of carbonyl (C=O) groups excluding carboxylic acids is 1. The van der Waals surface area contributed by atoms with E-state index >= 15 is 0 Å². The number of anilines is 4. The van der Waals surface area contributed by atoms with Gasteiger partial charge in [0.15, 0.2) is 5.82 Å². The molecule has 2 aromatic carbocycles. The van der Waals surface area contributed by atoms with E-state index < -0.39 is 0 Å². The minimum absolute atomic E-state index is 0.326. The zero-order valence-electron chi connectivity index (χ0n) is 14.2. The molecule has 0 aliphatic heterocycles. The van der Waals surface area contributed by atoms with E-state index in [2.05, 4.69) is 30.6 Å². The van der Waals surface area contributed by atoms with Crippen molar-refractivity contribution in [1.29, 1.82) is 0 Å². The molecule has 0 aliphatic carbocycles. The quantitative estimate of drug-likeness (QED) is 0.654. The third-order valence-corrected chi connectivity index (χ3v) is 3.81. The molecule has 0 amide bonds. The van der Waals surface area contributed by atoms with Crippen LogP contribution in [-0.2, 0) is 4.74 Å². The minimum atomic E-state index is -0.390. The number of halogens is 1. The zero-order valence-corrected chi connectivity index (χ0v) is 14.9. The normalized spacial score (nSPS) is 10.3. The van der Waals surface area contributed by atoms with E-state index in [1.807, 2.05) is 19.1 Å². The van der Waals surface area contributed by atoms with E-state index in [0.717, 1.165) is 16.9 Å². The highest BCUT2D eigenvalue weighted by Gasteiger charge is 2.07. The van der Waals surface area contributed by atoms with Gasteiger partial charge in [-0.1, -0.05) is 11.6 Å². The Kier molecular flexibility index (Phi) is 5.28. The lowest BCUT2D eigenvalue weighted by atomic mass is 10.2. The number of nitrogens with one attached hydrogen (secondary N) is 2. The average molecular weight is 370 g/mol. The monoisotopic (exact) mass is 369 g/mol. The van der Waals surface area contributed by atoms with Gasteiger partial charge in [0.05, 0.1) is 18.9 Å². The molecule has 0 saturated heterocycles. The zero-order chi connectivity index (χ0) is 18.5. The van der Waals surface area contributed by atoms with E-state index in [9.17, 15) is 4.79 Å². The second-order valence-corrected chi connectivity index (χ2v) is 5.88. The summed E-state index contributed by atoms with van der Waals surface area (Å²) in [6, 6.07) is 12.3. The molecule has 2 N–H and O–H groups in total. The Labute approximate surface area is 155 Å². The van der Waals surface area contributed by atoms with Crippen LogP contribution >= 0.6 is 11.6 Å². The van der Waals surface area contributed by atoms with Crippen LogP contribution in [0.1, 0.15) is 15.9 Å². The van der Waals surface area contributed by atoms with Crippen molar-refractivity contribution in [3.63, 3.8) is 0 Å². The summed E-state index contributed by atoms with van der Waals surface area (Å²) < 4.78 is 4.67. The first-order valence-electron chi connectivity index (χ1n) is 7.73. The van der Waals surface area contributed by atoms with E-state index in [1.165, 1.54) is 13.3 Å². The van der Waals surface area contributed by atoms with Crippen molar-refractivity contribution >= 4 is 40.7 Å². The Balaban J connectivity index is 1.74. The van der Waals surface area contributed by atoms with E-state index in [4.69, 9.17) is 11.6 Å². The molecule has 1 heterocycles. The Morgan fingerprint density at radius 1 is 1.12 bits per heavy atom. The fourth-order valence-electron chi connectivity index (χ4n) is 2.26. The number of rotatable bonds is 5. The summed E-state index contributed by atoms with van der Waals surface area (Å²) in [6.45, 7) is 1.95. The smallest absolute Gasteiger partial charge is 0.337 e. The number of aryl methyl sites for hydroxylation is 1. The topological polar surface area (TPSA) is 89.0 Å². The Morgan fingerprint density at radius 2 is 1.88 bits per heavy atom. The molecule has 0 fully saturated rings. The van der Waals surface area contributed by atoms with Crippen LogP contribution in [0.15, 0.2) is 48.7 Å². The number of hydrogen-bond acceptors (Lipinski definition) is 7. The maximum absolute atomic E-state index is 11.5. The number of hydrogen-bond donors (Lipinski definition) is 2. The van der Waals surface area contributed by atoms with Crippen LogP contribution in [0.5, 0.6) is 0 Å². The maximum Gasteiger partial charge on any atom is 0.337 e. The highest BCUT2D eigenvalue weighted by Crippen LogP contribution is 2.23. The molecular weight excluding hydrogens is 354 g/mol. The van der Waals surface area contributed by atoms with Crippen molar-refractivity contribution in [3.05, 3.63) is 64.8 Å². The number of nitrogens with zero attached hydrogens (tertiary/aromatic N) is 3. The van der Waals surface area contributed by atoms with Gasteiger partial charge in [-0.25, -0.2) is 4.79 Å². The predicted octanol–water partition coefficient (Wildman–Crippen LogP) is 4.11. The van der Waals surface area contributed by atoms with E-state index in [0.29, 0.717) is 22.4 Å². The van der Waals surface area contributed by atoms with Gasteiger partial charge in [0.1, 0.15) is 0 Å². The van der Waals surface area contributed by atoms with Crippen molar-refractivity contribution in [1.82, 2.24) is 15.2 Å². The van der Waals surface area contributed by atoms with Gasteiger partial charge in [-0.15, -0.1) is 5.10 Å². The van der Waals surface area contributed by atoms with Gasteiger partial charge in [0.25, 0.3) is 0 Å². The van der Waals surface area contributed by atoms with Gasteiger partial charge in [0.2, 0.25) is 5.95 Å². The van der Waals surface area contributed by atoms with Gasteiger partial charge < -0.3 is 15.4 Å². The van der Waals surface area contributed by atoms with Gasteiger partial charge in [-0.3, -0.25) is 0 Å². The third-order valence-electron chi connectivity index (χ3n) is 3.57. The average Bonchev–Trinajstić information content (AvgIpc) is 2.64. The first kappa shape index (κ1) is 17.6. The van der Waals surface area contributed by atoms with Crippen molar-refractivity contribution in [2.75, 3.05) is 17.7 Å². The number of benzene rings is 2. The summed E-state index contributed by atoms with van der Waals surface area (Å²) in [5.74, 6) is 0.477. The lowest BCUT2D eigenvalue weighted by Gasteiger charge is -2.10. The largest absolute Gasteiger partial charge is 0.465 e. The molecule has 0 bridgehead atoms. The number of esters is 1. The van der Waals surface area contributed by atoms with Crippen LogP contribution in [0.2, 0.25) is 5.02 Å². The summed E-state index contributed by atoms with van der Waals surface area (Å²) in [6.07, 6.45) is 1.53. The SMILES string of the molecule is COC(=O)c1ccc(Nc2nncc(Nc3ccc(Cl)cc3C)n2)cc1. The van der Waals surface area contributed by atoms with Crippen molar-refractivity contribution in [3.8, 4) is 0 Å². The summed E-state index contributed by atoms with van der Waals surface area (Å²) in [5, 5.41) is 14.8. The Morgan fingerprint density at radius 3 is 2.58 bits per heavy atom. The summed E-state index contributed by atoms with van der Waals surface area (Å²) in [4.78, 5) is 15.8. The molecule has 3 rings (SSSR count). The summed E-state index contributed by atoms with van der Waals surface area (Å²) in [5.41, 5.74) is 3.05. The molecule has 7 nitrogen and oxygen atoms in total. The molecule has 1 aromatic heterocycles. The van der Waals surface area contributed by atoms with Crippen molar-refractivity contribution in [2.24, 2.45) is 0 Å². The molecule has 0 atom stereocenters.